The van der Waals surface area contributed by atoms with Gasteiger partial charge in [-0.1, -0.05) is 33.8 Å². The molecule has 0 aromatic heterocycles. The van der Waals surface area contributed by atoms with Gasteiger partial charge in [0.1, 0.15) is 5.75 Å². The summed E-state index contributed by atoms with van der Waals surface area (Å²) in [6.45, 7) is 4.94. The van der Waals surface area contributed by atoms with E-state index in [1.807, 2.05) is 27.7 Å². The molecule has 0 amide bonds. The van der Waals surface area contributed by atoms with E-state index >= 15 is 0 Å². The largest absolute Gasteiger partial charge is 0.435 e. The minimum atomic E-state index is -2.83. The first-order valence-electron chi connectivity index (χ1n) is 5.73. The fourth-order valence-corrected chi connectivity index (χ4v) is 1.46. The van der Waals surface area contributed by atoms with Gasteiger partial charge in [0.25, 0.3) is 0 Å². The monoisotopic (exact) mass is 246 g/mol. The van der Waals surface area contributed by atoms with Gasteiger partial charge in [-0.05, 0) is 29.2 Å². The van der Waals surface area contributed by atoms with Crippen LogP contribution in [0.3, 0.4) is 0 Å². The Hall–Kier alpha value is -1.16. The zero-order valence-electron chi connectivity index (χ0n) is 10.7. The average Bonchev–Trinajstić information content (AvgIpc) is 2.30. The number of aliphatic hydroxyl groups excluding tert-OH is 1. The number of aliphatic hydroxyl groups is 1. The third kappa shape index (κ3) is 5.13. The van der Waals surface area contributed by atoms with Crippen LogP contribution in [0.1, 0.15) is 44.7 Å². The van der Waals surface area contributed by atoms with Crippen molar-refractivity contribution in [1.82, 2.24) is 0 Å². The normalized spacial score (nSPS) is 10.2. The molecule has 0 fully saturated rings. The van der Waals surface area contributed by atoms with Gasteiger partial charge in [0.05, 0.1) is 6.61 Å². The van der Waals surface area contributed by atoms with Gasteiger partial charge in [-0.2, -0.15) is 8.78 Å². The summed E-state index contributed by atoms with van der Waals surface area (Å²) in [6, 6.07) is 4.64. The van der Waals surface area contributed by atoms with Gasteiger partial charge < -0.3 is 9.84 Å². The number of alkyl halides is 2. The molecule has 0 aliphatic rings. The molecular formula is C13H20F2O2. The molecule has 0 atom stereocenters. The van der Waals surface area contributed by atoms with E-state index in [2.05, 4.69) is 4.74 Å². The molecule has 0 bridgehead atoms. The van der Waals surface area contributed by atoms with Crippen molar-refractivity contribution in [3.63, 3.8) is 0 Å². The van der Waals surface area contributed by atoms with Gasteiger partial charge in [0.15, 0.2) is 0 Å². The lowest BCUT2D eigenvalue weighted by molar-refractivity contribution is -0.0499. The second-order valence-corrected chi connectivity index (χ2v) is 3.55. The summed E-state index contributed by atoms with van der Waals surface area (Å²) in [6.07, 6.45) is 0. The van der Waals surface area contributed by atoms with Gasteiger partial charge in [-0.25, -0.2) is 0 Å². The molecule has 4 heteroatoms. The number of rotatable bonds is 4. The first-order chi connectivity index (χ1) is 8.04. The minimum Gasteiger partial charge on any atom is -0.435 e. The average molecular weight is 246 g/mol. The summed E-state index contributed by atoms with van der Waals surface area (Å²) >= 11 is 0. The lowest BCUT2D eigenvalue weighted by atomic mass is 9.97. The van der Waals surface area contributed by atoms with E-state index in [0.29, 0.717) is 5.56 Å². The summed E-state index contributed by atoms with van der Waals surface area (Å²) < 4.78 is 28.1. The Morgan fingerprint density at radius 1 is 1.24 bits per heavy atom. The number of hydrogen-bond acceptors (Lipinski definition) is 2. The van der Waals surface area contributed by atoms with Crippen LogP contribution in [0.5, 0.6) is 5.75 Å². The summed E-state index contributed by atoms with van der Waals surface area (Å²) in [5.41, 5.74) is 1.57. The molecule has 0 aliphatic carbocycles. The van der Waals surface area contributed by atoms with E-state index in [1.165, 1.54) is 12.1 Å². The zero-order chi connectivity index (χ0) is 13.4. The second-order valence-electron chi connectivity index (χ2n) is 3.55. The maximum absolute atomic E-state index is 11.9. The van der Waals surface area contributed by atoms with Crippen LogP contribution in [0.15, 0.2) is 18.2 Å². The third-order valence-corrected chi connectivity index (χ3v) is 2.13. The highest BCUT2D eigenvalue weighted by atomic mass is 19.3. The summed E-state index contributed by atoms with van der Waals surface area (Å²) in [4.78, 5) is 0. The Kier molecular flexibility index (Phi) is 7.46. The molecular weight excluding hydrogens is 226 g/mol. The Morgan fingerprint density at radius 3 is 2.24 bits per heavy atom. The van der Waals surface area contributed by atoms with Crippen LogP contribution in [0, 0.1) is 0 Å². The van der Waals surface area contributed by atoms with E-state index in [-0.39, 0.29) is 18.3 Å². The molecule has 1 aromatic carbocycles. The fourth-order valence-electron chi connectivity index (χ4n) is 1.46. The van der Waals surface area contributed by atoms with Crippen LogP contribution in [0.2, 0.25) is 0 Å². The topological polar surface area (TPSA) is 29.5 Å². The lowest BCUT2D eigenvalue weighted by Crippen LogP contribution is -2.04. The highest BCUT2D eigenvalue weighted by molar-refractivity contribution is 5.37. The van der Waals surface area contributed by atoms with Crippen molar-refractivity contribution in [2.24, 2.45) is 0 Å². The van der Waals surface area contributed by atoms with Crippen LogP contribution in [0.25, 0.3) is 0 Å². The molecule has 2 nitrogen and oxygen atoms in total. The molecule has 1 N–H and O–H groups in total. The SMILES string of the molecule is CC.CC(C)c1ccc(OC(F)F)cc1CO. The molecule has 0 heterocycles. The van der Waals surface area contributed by atoms with Gasteiger partial charge in [-0.15, -0.1) is 0 Å². The second kappa shape index (κ2) is 8.01. The minimum absolute atomic E-state index is 0.0819. The van der Waals surface area contributed by atoms with Crippen LogP contribution in [0.4, 0.5) is 8.78 Å². The maximum atomic E-state index is 11.9. The highest BCUT2D eigenvalue weighted by Crippen LogP contribution is 2.25. The molecule has 1 rings (SSSR count). The van der Waals surface area contributed by atoms with Gasteiger partial charge in [0.2, 0.25) is 0 Å². The van der Waals surface area contributed by atoms with Crippen molar-refractivity contribution in [3.05, 3.63) is 29.3 Å². The molecule has 98 valence electrons. The standard InChI is InChI=1S/C11H14F2O2.C2H6/c1-7(2)10-4-3-9(15-11(12)13)5-8(10)6-14;1-2/h3-5,7,11,14H,6H2,1-2H3;1-2H3. The molecule has 0 radical (unpaired) electrons. The molecule has 0 unspecified atom stereocenters. The molecule has 0 aliphatic heterocycles. The maximum Gasteiger partial charge on any atom is 0.387 e. The quantitative estimate of drug-likeness (QED) is 0.872. The predicted molar refractivity (Wildman–Crippen MR) is 64.4 cm³/mol. The Balaban J connectivity index is 0.00000121. The van der Waals surface area contributed by atoms with Crippen molar-refractivity contribution in [2.75, 3.05) is 0 Å². The van der Waals surface area contributed by atoms with E-state index < -0.39 is 6.61 Å². The van der Waals surface area contributed by atoms with Gasteiger partial charge >= 0.3 is 6.61 Å². The Bertz CT molecular complexity index is 325. The van der Waals surface area contributed by atoms with Crippen molar-refractivity contribution in [2.45, 2.75) is 46.8 Å². The van der Waals surface area contributed by atoms with E-state index in [1.54, 1.807) is 6.07 Å². The van der Waals surface area contributed by atoms with E-state index in [0.717, 1.165) is 5.56 Å². The molecule has 17 heavy (non-hydrogen) atoms. The van der Waals surface area contributed by atoms with Crippen molar-refractivity contribution >= 4 is 0 Å². The number of hydrogen-bond donors (Lipinski definition) is 1. The van der Waals surface area contributed by atoms with E-state index in [9.17, 15) is 8.78 Å². The van der Waals surface area contributed by atoms with Crippen molar-refractivity contribution in [3.8, 4) is 5.75 Å². The summed E-state index contributed by atoms with van der Waals surface area (Å²) in [5, 5.41) is 9.08. The smallest absolute Gasteiger partial charge is 0.387 e. The Labute approximate surface area is 101 Å². The number of benzene rings is 1. The van der Waals surface area contributed by atoms with Crippen LogP contribution >= 0.6 is 0 Å². The molecule has 0 saturated carbocycles. The van der Waals surface area contributed by atoms with E-state index in [4.69, 9.17) is 5.11 Å². The zero-order valence-corrected chi connectivity index (χ0v) is 10.7. The van der Waals surface area contributed by atoms with Crippen LogP contribution < -0.4 is 4.74 Å². The summed E-state index contributed by atoms with van der Waals surface area (Å²) in [7, 11) is 0. The summed E-state index contributed by atoms with van der Waals surface area (Å²) in [5.74, 6) is 0.325. The van der Waals surface area contributed by atoms with Crippen LogP contribution in [-0.2, 0) is 6.61 Å². The lowest BCUT2D eigenvalue weighted by Gasteiger charge is -2.13. The Morgan fingerprint density at radius 2 is 1.82 bits per heavy atom. The van der Waals surface area contributed by atoms with Crippen molar-refractivity contribution in [1.29, 1.82) is 0 Å². The van der Waals surface area contributed by atoms with Gasteiger partial charge in [0, 0.05) is 0 Å². The van der Waals surface area contributed by atoms with Crippen molar-refractivity contribution < 1.29 is 18.6 Å². The highest BCUT2D eigenvalue weighted by Gasteiger charge is 2.09. The first-order valence-corrected chi connectivity index (χ1v) is 5.73. The molecule has 1 aromatic rings. The number of ether oxygens (including phenoxy) is 1. The third-order valence-electron chi connectivity index (χ3n) is 2.13. The fraction of sp³-hybridized carbons (Fsp3) is 0.538. The predicted octanol–water partition coefficient (Wildman–Crippen LogP) is 3.93. The first kappa shape index (κ1) is 15.8. The van der Waals surface area contributed by atoms with Gasteiger partial charge in [-0.3, -0.25) is 0 Å². The molecule has 0 spiro atoms. The molecule has 0 saturated heterocycles. The number of halogens is 2. The van der Waals surface area contributed by atoms with Crippen LogP contribution in [-0.4, -0.2) is 11.7 Å².